The zero-order chi connectivity index (χ0) is 16.4. The maximum Gasteiger partial charge on any atom is 0.240 e. The Balaban J connectivity index is 0.00000182. The van der Waals surface area contributed by atoms with E-state index in [4.69, 9.17) is 10.3 Å². The number of benzene rings is 2. The maximum atomic E-state index is 5.53. The molecule has 0 fully saturated rings. The first-order valence-electron chi connectivity index (χ1n) is 8.28. The predicted molar refractivity (Wildman–Crippen MR) is 101 cm³/mol. The highest BCUT2D eigenvalue weighted by Crippen LogP contribution is 2.32. The molecule has 3 aromatic rings. The SMILES string of the molecule is Cl.NCc1nc(CN2CCCc3cc(-c4ccccc4)ccc32)no1. The third-order valence-electron chi connectivity index (χ3n) is 4.42. The van der Waals surface area contributed by atoms with Crippen molar-refractivity contribution in [3.63, 3.8) is 0 Å². The third-order valence-corrected chi connectivity index (χ3v) is 4.42. The molecule has 1 aromatic heterocycles. The molecule has 0 saturated carbocycles. The number of fused-ring (bicyclic) bond motifs is 1. The van der Waals surface area contributed by atoms with Crippen molar-refractivity contribution in [2.45, 2.75) is 25.9 Å². The Morgan fingerprint density at radius 3 is 2.68 bits per heavy atom. The van der Waals surface area contributed by atoms with E-state index in [1.807, 2.05) is 6.07 Å². The van der Waals surface area contributed by atoms with Gasteiger partial charge >= 0.3 is 0 Å². The zero-order valence-corrected chi connectivity index (χ0v) is 14.7. The topological polar surface area (TPSA) is 68.2 Å². The summed E-state index contributed by atoms with van der Waals surface area (Å²) < 4.78 is 5.11. The molecule has 2 aromatic carbocycles. The fourth-order valence-electron chi connectivity index (χ4n) is 3.26. The van der Waals surface area contributed by atoms with Crippen LogP contribution in [0, 0.1) is 0 Å². The molecular formula is C19H21ClN4O. The summed E-state index contributed by atoms with van der Waals surface area (Å²) in [7, 11) is 0. The Bertz CT molecular complexity index is 834. The molecule has 2 N–H and O–H groups in total. The van der Waals surface area contributed by atoms with Crippen LogP contribution in [0.1, 0.15) is 23.7 Å². The Morgan fingerprint density at radius 2 is 1.92 bits per heavy atom. The molecule has 0 aliphatic carbocycles. The quantitative estimate of drug-likeness (QED) is 0.774. The lowest BCUT2D eigenvalue weighted by molar-refractivity contribution is 0.374. The molecule has 0 unspecified atom stereocenters. The number of aryl methyl sites for hydroxylation is 1. The molecular weight excluding hydrogens is 336 g/mol. The van der Waals surface area contributed by atoms with Gasteiger partial charge in [0.25, 0.3) is 0 Å². The van der Waals surface area contributed by atoms with Gasteiger partial charge in [0.2, 0.25) is 5.89 Å². The molecule has 4 rings (SSSR count). The second-order valence-corrected chi connectivity index (χ2v) is 6.04. The number of nitrogens with two attached hydrogens (primary N) is 1. The first-order valence-corrected chi connectivity index (χ1v) is 8.28. The van der Waals surface area contributed by atoms with Crippen molar-refractivity contribution in [2.75, 3.05) is 11.4 Å². The summed E-state index contributed by atoms with van der Waals surface area (Å²) in [6.07, 6.45) is 2.24. The van der Waals surface area contributed by atoms with Gasteiger partial charge in [0, 0.05) is 12.2 Å². The van der Waals surface area contributed by atoms with E-state index in [9.17, 15) is 0 Å². The summed E-state index contributed by atoms with van der Waals surface area (Å²) in [6.45, 7) is 1.94. The van der Waals surface area contributed by atoms with Gasteiger partial charge in [-0.05, 0) is 41.7 Å². The van der Waals surface area contributed by atoms with Crippen molar-refractivity contribution in [1.82, 2.24) is 10.1 Å². The standard InChI is InChI=1S/C19H20N4O.ClH/c20-12-19-21-18(22-24-19)13-23-10-4-7-16-11-15(8-9-17(16)23)14-5-2-1-3-6-14;/h1-3,5-6,8-9,11H,4,7,10,12-13,20H2;1H. The third kappa shape index (κ3) is 3.67. The van der Waals surface area contributed by atoms with Gasteiger partial charge in [-0.3, -0.25) is 0 Å². The lowest BCUT2D eigenvalue weighted by Crippen LogP contribution is -2.29. The fraction of sp³-hybridized carbons (Fsp3) is 0.263. The van der Waals surface area contributed by atoms with Gasteiger partial charge in [0.15, 0.2) is 5.82 Å². The Labute approximate surface area is 153 Å². The normalized spacial score (nSPS) is 13.2. The highest BCUT2D eigenvalue weighted by molar-refractivity contribution is 5.85. The smallest absolute Gasteiger partial charge is 0.240 e. The number of hydrogen-bond acceptors (Lipinski definition) is 5. The summed E-state index contributed by atoms with van der Waals surface area (Å²) in [6, 6.07) is 17.2. The van der Waals surface area contributed by atoms with Gasteiger partial charge in [-0.15, -0.1) is 12.4 Å². The van der Waals surface area contributed by atoms with Gasteiger partial charge < -0.3 is 15.2 Å². The lowest BCUT2D eigenvalue weighted by Gasteiger charge is -2.30. The zero-order valence-electron chi connectivity index (χ0n) is 13.9. The summed E-state index contributed by atoms with van der Waals surface area (Å²) in [4.78, 5) is 6.63. The summed E-state index contributed by atoms with van der Waals surface area (Å²) in [5.74, 6) is 1.18. The minimum absolute atomic E-state index is 0. The molecule has 0 amide bonds. The molecule has 1 aliphatic heterocycles. The average molecular weight is 357 g/mol. The molecule has 130 valence electrons. The van der Waals surface area contributed by atoms with Crippen LogP contribution in [0.5, 0.6) is 0 Å². The molecule has 2 heterocycles. The van der Waals surface area contributed by atoms with Crippen molar-refractivity contribution >= 4 is 18.1 Å². The van der Waals surface area contributed by atoms with Gasteiger partial charge in [-0.25, -0.2) is 0 Å². The minimum atomic E-state index is 0. The van der Waals surface area contributed by atoms with E-state index < -0.39 is 0 Å². The second kappa shape index (κ2) is 7.68. The van der Waals surface area contributed by atoms with Crippen LogP contribution in [0.2, 0.25) is 0 Å². The van der Waals surface area contributed by atoms with Gasteiger partial charge in [-0.2, -0.15) is 4.98 Å². The lowest BCUT2D eigenvalue weighted by atomic mass is 9.96. The van der Waals surface area contributed by atoms with Gasteiger partial charge in [0.05, 0.1) is 13.1 Å². The first-order chi connectivity index (χ1) is 11.8. The number of rotatable bonds is 4. The van der Waals surface area contributed by atoms with Gasteiger partial charge in [0.1, 0.15) is 0 Å². The Morgan fingerprint density at radius 1 is 1.08 bits per heavy atom. The molecule has 0 saturated heterocycles. The summed E-state index contributed by atoms with van der Waals surface area (Å²) in [5.41, 5.74) is 10.7. The van der Waals surface area contributed by atoms with Crippen LogP contribution in [-0.4, -0.2) is 16.7 Å². The maximum absolute atomic E-state index is 5.53. The van der Waals surface area contributed by atoms with Crippen molar-refractivity contribution in [3.8, 4) is 11.1 Å². The van der Waals surface area contributed by atoms with Crippen LogP contribution in [-0.2, 0) is 19.5 Å². The van der Waals surface area contributed by atoms with E-state index in [1.54, 1.807) is 0 Å². The Hall–Kier alpha value is -2.37. The van der Waals surface area contributed by atoms with E-state index in [1.165, 1.54) is 22.4 Å². The van der Waals surface area contributed by atoms with E-state index in [-0.39, 0.29) is 19.0 Å². The largest absolute Gasteiger partial charge is 0.364 e. The van der Waals surface area contributed by atoms with Crippen LogP contribution in [0.25, 0.3) is 11.1 Å². The molecule has 1 aliphatic rings. The Kier molecular flexibility index (Phi) is 5.36. The van der Waals surface area contributed by atoms with Crippen LogP contribution >= 0.6 is 12.4 Å². The molecule has 0 radical (unpaired) electrons. The van der Waals surface area contributed by atoms with Gasteiger partial charge in [-0.1, -0.05) is 41.6 Å². The average Bonchev–Trinajstić information content (AvgIpc) is 3.10. The van der Waals surface area contributed by atoms with Crippen LogP contribution in [0.4, 0.5) is 5.69 Å². The fourth-order valence-corrected chi connectivity index (χ4v) is 3.26. The molecule has 5 nitrogen and oxygen atoms in total. The number of hydrogen-bond donors (Lipinski definition) is 1. The number of nitrogens with zero attached hydrogens (tertiary/aromatic N) is 3. The minimum Gasteiger partial charge on any atom is -0.364 e. The number of anilines is 1. The van der Waals surface area contributed by atoms with E-state index in [2.05, 4.69) is 57.5 Å². The van der Waals surface area contributed by atoms with Crippen LogP contribution in [0.15, 0.2) is 53.1 Å². The molecule has 0 bridgehead atoms. The van der Waals surface area contributed by atoms with Crippen molar-refractivity contribution < 1.29 is 4.52 Å². The molecule has 0 spiro atoms. The number of aromatic nitrogens is 2. The highest BCUT2D eigenvalue weighted by Gasteiger charge is 2.19. The summed E-state index contributed by atoms with van der Waals surface area (Å²) >= 11 is 0. The number of halogens is 1. The highest BCUT2D eigenvalue weighted by atomic mass is 35.5. The van der Waals surface area contributed by atoms with Crippen molar-refractivity contribution in [3.05, 3.63) is 65.8 Å². The van der Waals surface area contributed by atoms with E-state index >= 15 is 0 Å². The van der Waals surface area contributed by atoms with E-state index in [0.29, 0.717) is 18.3 Å². The monoisotopic (exact) mass is 356 g/mol. The van der Waals surface area contributed by atoms with Crippen molar-refractivity contribution in [1.29, 1.82) is 0 Å². The first kappa shape index (κ1) is 17.5. The molecule has 25 heavy (non-hydrogen) atoms. The predicted octanol–water partition coefficient (Wildman–Crippen LogP) is 3.57. The van der Waals surface area contributed by atoms with Crippen LogP contribution < -0.4 is 10.6 Å². The summed E-state index contributed by atoms with van der Waals surface area (Å²) in [5, 5.41) is 4.01. The van der Waals surface area contributed by atoms with Crippen molar-refractivity contribution in [2.24, 2.45) is 5.73 Å². The molecule has 0 atom stereocenters. The van der Waals surface area contributed by atoms with Crippen LogP contribution in [0.3, 0.4) is 0 Å². The van der Waals surface area contributed by atoms with E-state index in [0.717, 1.165) is 19.4 Å². The molecule has 6 heteroatoms. The second-order valence-electron chi connectivity index (χ2n) is 6.04.